The van der Waals surface area contributed by atoms with E-state index in [9.17, 15) is 0 Å². The fourth-order valence-corrected chi connectivity index (χ4v) is 5.20. The molecule has 2 heterocycles. The second kappa shape index (κ2) is 5.78. The predicted molar refractivity (Wildman–Crippen MR) is 92.8 cm³/mol. The van der Waals surface area contributed by atoms with Crippen molar-refractivity contribution in [3.05, 3.63) is 16.8 Å². The Kier molecular flexibility index (Phi) is 3.78. The molecule has 0 aromatic carbocycles. The van der Waals surface area contributed by atoms with Gasteiger partial charge in [0.1, 0.15) is 17.0 Å². The molecule has 2 aliphatic rings. The van der Waals surface area contributed by atoms with Crippen LogP contribution < -0.4 is 5.32 Å². The van der Waals surface area contributed by atoms with Crippen molar-refractivity contribution in [1.29, 1.82) is 0 Å². The summed E-state index contributed by atoms with van der Waals surface area (Å²) in [5.41, 5.74) is 1.52. The number of aryl methyl sites for hydroxylation is 2. The first-order valence-electron chi connectivity index (χ1n) is 8.40. The normalized spacial score (nSPS) is 24.9. The Morgan fingerprint density at radius 2 is 1.95 bits per heavy atom. The van der Waals surface area contributed by atoms with Crippen molar-refractivity contribution >= 4 is 27.4 Å². The van der Waals surface area contributed by atoms with Crippen molar-refractivity contribution in [1.82, 2.24) is 14.9 Å². The van der Waals surface area contributed by atoms with Crippen molar-refractivity contribution in [2.24, 2.45) is 0 Å². The van der Waals surface area contributed by atoms with Crippen LogP contribution in [0.15, 0.2) is 6.33 Å². The van der Waals surface area contributed by atoms with Gasteiger partial charge in [0, 0.05) is 17.0 Å². The number of hydrogen-bond donors (Lipinski definition) is 1. The summed E-state index contributed by atoms with van der Waals surface area (Å²) in [7, 11) is 4.39. The predicted octanol–water partition coefficient (Wildman–Crippen LogP) is 3.46. The van der Waals surface area contributed by atoms with Crippen molar-refractivity contribution in [3.63, 3.8) is 0 Å². The molecule has 0 amide bonds. The van der Waals surface area contributed by atoms with Crippen LogP contribution in [0.2, 0.25) is 0 Å². The summed E-state index contributed by atoms with van der Waals surface area (Å²) in [6.07, 6.45) is 10.5. The minimum Gasteiger partial charge on any atom is -0.367 e. The number of rotatable bonds is 3. The van der Waals surface area contributed by atoms with Gasteiger partial charge in [-0.05, 0) is 64.6 Å². The van der Waals surface area contributed by atoms with E-state index in [1.807, 2.05) is 11.3 Å². The van der Waals surface area contributed by atoms with Crippen LogP contribution in [-0.2, 0) is 12.8 Å². The Labute approximate surface area is 136 Å². The van der Waals surface area contributed by atoms with Gasteiger partial charge in [-0.1, -0.05) is 0 Å². The van der Waals surface area contributed by atoms with Gasteiger partial charge < -0.3 is 10.2 Å². The third-order valence-corrected chi connectivity index (χ3v) is 6.47. The highest BCUT2D eigenvalue weighted by atomic mass is 32.1. The van der Waals surface area contributed by atoms with Gasteiger partial charge >= 0.3 is 0 Å². The lowest BCUT2D eigenvalue weighted by molar-refractivity contribution is 0.221. The van der Waals surface area contributed by atoms with Gasteiger partial charge in [0.2, 0.25) is 0 Å². The Bertz CT molecular complexity index is 671. The van der Waals surface area contributed by atoms with Crippen molar-refractivity contribution in [2.45, 2.75) is 57.0 Å². The second-order valence-electron chi connectivity index (χ2n) is 6.87. The number of thiophene rings is 1. The fraction of sp³-hybridized carbons (Fsp3) is 0.647. The topological polar surface area (TPSA) is 41.0 Å². The zero-order valence-electron chi connectivity index (χ0n) is 13.4. The van der Waals surface area contributed by atoms with E-state index in [-0.39, 0.29) is 0 Å². The lowest BCUT2D eigenvalue weighted by Crippen LogP contribution is -2.36. The Morgan fingerprint density at radius 3 is 2.73 bits per heavy atom. The maximum absolute atomic E-state index is 4.58. The van der Waals surface area contributed by atoms with Crippen LogP contribution in [0.4, 0.5) is 5.82 Å². The molecule has 0 atom stereocenters. The van der Waals surface area contributed by atoms with Crippen LogP contribution in [0.3, 0.4) is 0 Å². The van der Waals surface area contributed by atoms with Crippen LogP contribution in [0.25, 0.3) is 10.2 Å². The third kappa shape index (κ3) is 2.50. The Morgan fingerprint density at radius 1 is 1.14 bits per heavy atom. The van der Waals surface area contributed by atoms with Gasteiger partial charge in [-0.25, -0.2) is 9.97 Å². The van der Waals surface area contributed by atoms with Crippen LogP contribution >= 0.6 is 11.3 Å². The number of aromatic nitrogens is 2. The van der Waals surface area contributed by atoms with Crippen LogP contribution in [0.1, 0.15) is 42.5 Å². The molecule has 4 rings (SSSR count). The Hall–Kier alpha value is -1.20. The standard InChI is InChI=1S/C17H24N4S/c1-21(2)12-8-6-11(7-9-12)20-16-15-13-4-3-5-14(13)22-17(15)19-10-18-16/h10-12H,3-9H2,1-2H3,(H,18,19,20). The molecule has 1 fully saturated rings. The lowest BCUT2D eigenvalue weighted by atomic mass is 9.90. The number of hydrogen-bond acceptors (Lipinski definition) is 5. The number of nitrogens with one attached hydrogen (secondary N) is 1. The van der Waals surface area contributed by atoms with Crippen LogP contribution in [0, 0.1) is 0 Å². The average molecular weight is 316 g/mol. The van der Waals surface area contributed by atoms with Gasteiger partial charge in [-0.2, -0.15) is 0 Å². The average Bonchev–Trinajstić information content (AvgIpc) is 3.08. The SMILES string of the molecule is CN(C)C1CCC(Nc2ncnc3sc4c(c23)CCC4)CC1. The number of fused-ring (bicyclic) bond motifs is 3. The summed E-state index contributed by atoms with van der Waals surface area (Å²) in [5.74, 6) is 1.08. The van der Waals surface area contributed by atoms with Crippen molar-refractivity contribution < 1.29 is 0 Å². The van der Waals surface area contributed by atoms with E-state index >= 15 is 0 Å². The zero-order chi connectivity index (χ0) is 15.1. The van der Waals surface area contributed by atoms with Crippen LogP contribution in [-0.4, -0.2) is 41.0 Å². The molecule has 0 radical (unpaired) electrons. The second-order valence-corrected chi connectivity index (χ2v) is 7.96. The molecule has 0 spiro atoms. The monoisotopic (exact) mass is 316 g/mol. The molecule has 1 N–H and O–H groups in total. The van der Waals surface area contributed by atoms with Gasteiger partial charge in [0.05, 0.1) is 5.39 Å². The maximum Gasteiger partial charge on any atom is 0.138 e. The van der Waals surface area contributed by atoms with Gasteiger partial charge in [0.15, 0.2) is 0 Å². The first-order valence-corrected chi connectivity index (χ1v) is 9.22. The van der Waals surface area contributed by atoms with Gasteiger partial charge in [0.25, 0.3) is 0 Å². The quantitative estimate of drug-likeness (QED) is 0.941. The van der Waals surface area contributed by atoms with Crippen molar-refractivity contribution in [3.8, 4) is 0 Å². The third-order valence-electron chi connectivity index (χ3n) is 5.27. The minimum absolute atomic E-state index is 0.561. The zero-order valence-corrected chi connectivity index (χ0v) is 14.2. The molecule has 2 aromatic heterocycles. The fourth-order valence-electron chi connectivity index (χ4n) is 3.97. The van der Waals surface area contributed by atoms with E-state index in [2.05, 4.69) is 34.3 Å². The first-order chi connectivity index (χ1) is 10.7. The number of anilines is 1. The highest BCUT2D eigenvalue weighted by molar-refractivity contribution is 7.19. The van der Waals surface area contributed by atoms with E-state index in [0.29, 0.717) is 6.04 Å². The molecular formula is C17H24N4S. The molecule has 2 aliphatic carbocycles. The van der Waals surface area contributed by atoms with Gasteiger partial charge in [-0.3, -0.25) is 0 Å². The van der Waals surface area contributed by atoms with Crippen LogP contribution in [0.5, 0.6) is 0 Å². The molecule has 4 nitrogen and oxygen atoms in total. The van der Waals surface area contributed by atoms with Gasteiger partial charge in [-0.15, -0.1) is 11.3 Å². The summed E-state index contributed by atoms with van der Waals surface area (Å²) < 4.78 is 0. The summed E-state index contributed by atoms with van der Waals surface area (Å²) >= 11 is 1.87. The van der Waals surface area contributed by atoms with E-state index in [1.54, 1.807) is 6.33 Å². The summed E-state index contributed by atoms with van der Waals surface area (Å²) in [4.78, 5) is 14.1. The summed E-state index contributed by atoms with van der Waals surface area (Å²) in [5, 5.41) is 5.05. The molecule has 22 heavy (non-hydrogen) atoms. The highest BCUT2D eigenvalue weighted by Gasteiger charge is 2.25. The molecule has 2 aromatic rings. The smallest absolute Gasteiger partial charge is 0.138 e. The maximum atomic E-state index is 4.58. The van der Waals surface area contributed by atoms with E-state index in [0.717, 1.165) is 11.9 Å². The molecule has 1 saturated carbocycles. The molecule has 0 saturated heterocycles. The van der Waals surface area contributed by atoms with Crippen molar-refractivity contribution in [2.75, 3.05) is 19.4 Å². The molecule has 0 unspecified atom stereocenters. The first kappa shape index (κ1) is 14.4. The molecular weight excluding hydrogens is 292 g/mol. The molecule has 0 bridgehead atoms. The molecule has 5 heteroatoms. The lowest BCUT2D eigenvalue weighted by Gasteiger charge is -2.33. The largest absolute Gasteiger partial charge is 0.367 e. The summed E-state index contributed by atoms with van der Waals surface area (Å²) in [6.45, 7) is 0. The van der Waals surface area contributed by atoms with E-state index in [4.69, 9.17) is 0 Å². The Balaban J connectivity index is 1.55. The summed E-state index contributed by atoms with van der Waals surface area (Å²) in [6, 6.07) is 1.31. The minimum atomic E-state index is 0.561. The molecule has 0 aliphatic heterocycles. The number of nitrogens with zero attached hydrogens (tertiary/aromatic N) is 3. The highest BCUT2D eigenvalue weighted by Crippen LogP contribution is 2.39. The van der Waals surface area contributed by atoms with E-state index < -0.39 is 0 Å². The van der Waals surface area contributed by atoms with E-state index in [1.165, 1.54) is 65.6 Å². The molecule has 118 valence electrons.